The van der Waals surface area contributed by atoms with Crippen molar-refractivity contribution in [1.29, 1.82) is 5.26 Å². The van der Waals surface area contributed by atoms with Gasteiger partial charge < -0.3 is 9.64 Å². The molecule has 1 amide bonds. The number of ether oxygens (including phenoxy) is 1. The van der Waals surface area contributed by atoms with Gasteiger partial charge in [-0.15, -0.1) is 0 Å². The molecule has 0 aliphatic carbocycles. The summed E-state index contributed by atoms with van der Waals surface area (Å²) in [4.78, 5) is 17.2. The van der Waals surface area contributed by atoms with E-state index in [4.69, 9.17) is 10.00 Å². The molecule has 2 aliphatic rings. The number of likely N-dealkylation sites (tertiary alicyclic amines) is 1. The number of amides is 1. The largest absolute Gasteiger partial charge is 0.497 e. The maximum atomic E-state index is 13.0. The maximum absolute atomic E-state index is 13.0. The molecule has 1 fully saturated rings. The van der Waals surface area contributed by atoms with Crippen LogP contribution in [0.25, 0.3) is 0 Å². The van der Waals surface area contributed by atoms with Crippen LogP contribution in [0.5, 0.6) is 5.75 Å². The Morgan fingerprint density at radius 3 is 2.58 bits per heavy atom. The average molecular weight is 355 g/mol. The summed E-state index contributed by atoms with van der Waals surface area (Å²) < 4.78 is 5.45. The van der Waals surface area contributed by atoms with Gasteiger partial charge >= 0.3 is 0 Å². The van der Waals surface area contributed by atoms with Crippen LogP contribution in [0.3, 0.4) is 0 Å². The summed E-state index contributed by atoms with van der Waals surface area (Å²) >= 11 is 0. The summed E-state index contributed by atoms with van der Waals surface area (Å²) in [6.07, 6.45) is 2.47. The number of carbonyl (C=O) groups is 1. The van der Waals surface area contributed by atoms with Crippen LogP contribution in [0, 0.1) is 16.7 Å². The van der Waals surface area contributed by atoms with Crippen molar-refractivity contribution in [2.75, 3.05) is 38.2 Å². The van der Waals surface area contributed by atoms with Crippen molar-refractivity contribution in [3.05, 3.63) is 23.8 Å². The quantitative estimate of drug-likeness (QED) is 0.781. The van der Waals surface area contributed by atoms with Crippen LogP contribution in [0.4, 0.5) is 5.69 Å². The van der Waals surface area contributed by atoms with Crippen molar-refractivity contribution in [1.82, 2.24) is 4.90 Å². The van der Waals surface area contributed by atoms with E-state index >= 15 is 0 Å². The smallest absolute Gasteiger partial charge is 0.227 e. The lowest BCUT2D eigenvalue weighted by molar-refractivity contribution is -0.120. The second-order valence-electron chi connectivity index (χ2n) is 8.81. The van der Waals surface area contributed by atoms with E-state index in [0.717, 1.165) is 43.9 Å². The molecule has 2 aliphatic heterocycles. The summed E-state index contributed by atoms with van der Waals surface area (Å²) in [7, 11) is 1.68. The highest BCUT2D eigenvalue weighted by Gasteiger charge is 2.46. The number of hydrogen-bond acceptors (Lipinski definition) is 4. The van der Waals surface area contributed by atoms with Gasteiger partial charge in [0, 0.05) is 37.2 Å². The number of fused-ring (bicyclic) bond motifs is 2. The molecule has 1 aromatic rings. The van der Waals surface area contributed by atoms with Gasteiger partial charge in [0.15, 0.2) is 0 Å². The van der Waals surface area contributed by atoms with Gasteiger partial charge in [-0.2, -0.15) is 5.26 Å². The van der Waals surface area contributed by atoms with Crippen molar-refractivity contribution in [2.45, 2.75) is 45.4 Å². The minimum absolute atomic E-state index is 0.0244. The summed E-state index contributed by atoms with van der Waals surface area (Å²) in [6, 6.07) is 8.34. The zero-order chi connectivity index (χ0) is 18.9. The molecular weight excluding hydrogens is 326 g/mol. The monoisotopic (exact) mass is 355 g/mol. The number of carbonyl (C=O) groups excluding carboxylic acids is 1. The van der Waals surface area contributed by atoms with Crippen LogP contribution in [-0.4, -0.2) is 44.1 Å². The molecular formula is C21H29N3O2. The lowest BCUT2D eigenvalue weighted by atomic mass is 9.74. The summed E-state index contributed by atoms with van der Waals surface area (Å²) in [6.45, 7) is 9.32. The standard InChI is InChI=1S/C21H29N3O2/c1-20(2,3)14-19(25)24-15-21(7-10-23(11-8-21)12-9-22)17-13-16(26-4)5-6-18(17)24/h5-6,13H,7-8,10-12,14-15H2,1-4H3. The first-order valence-corrected chi connectivity index (χ1v) is 9.36. The molecule has 0 saturated carbocycles. The molecule has 0 aromatic heterocycles. The van der Waals surface area contributed by atoms with Crippen LogP contribution in [0.15, 0.2) is 18.2 Å². The zero-order valence-corrected chi connectivity index (χ0v) is 16.3. The Bertz CT molecular complexity index is 722. The third-order valence-electron chi connectivity index (χ3n) is 5.62. The van der Waals surface area contributed by atoms with Crippen molar-refractivity contribution < 1.29 is 9.53 Å². The van der Waals surface area contributed by atoms with Gasteiger partial charge in [0.2, 0.25) is 5.91 Å². The fourth-order valence-corrected chi connectivity index (χ4v) is 4.21. The van der Waals surface area contributed by atoms with E-state index in [-0.39, 0.29) is 16.7 Å². The lowest BCUT2D eigenvalue weighted by Gasteiger charge is -2.39. The van der Waals surface area contributed by atoms with Gasteiger partial charge in [0.25, 0.3) is 0 Å². The summed E-state index contributed by atoms with van der Waals surface area (Å²) in [5, 5.41) is 8.96. The first-order chi connectivity index (χ1) is 12.3. The topological polar surface area (TPSA) is 56.6 Å². The summed E-state index contributed by atoms with van der Waals surface area (Å²) in [5.41, 5.74) is 2.21. The second-order valence-corrected chi connectivity index (χ2v) is 8.81. The lowest BCUT2D eigenvalue weighted by Crippen LogP contribution is -2.46. The van der Waals surface area contributed by atoms with E-state index < -0.39 is 0 Å². The predicted octanol–water partition coefficient (Wildman–Crippen LogP) is 3.34. The van der Waals surface area contributed by atoms with Gasteiger partial charge in [-0.05, 0) is 42.0 Å². The van der Waals surface area contributed by atoms with Crippen molar-refractivity contribution >= 4 is 11.6 Å². The van der Waals surface area contributed by atoms with Crippen molar-refractivity contribution in [3.8, 4) is 11.8 Å². The van der Waals surface area contributed by atoms with Crippen molar-refractivity contribution in [3.63, 3.8) is 0 Å². The molecule has 26 heavy (non-hydrogen) atoms. The average Bonchev–Trinajstić information content (AvgIpc) is 2.90. The molecule has 0 bridgehead atoms. The molecule has 3 rings (SSSR count). The Morgan fingerprint density at radius 2 is 2.00 bits per heavy atom. The number of hydrogen-bond donors (Lipinski definition) is 0. The molecule has 0 unspecified atom stereocenters. The number of anilines is 1. The molecule has 1 spiro atoms. The van der Waals surface area contributed by atoms with Gasteiger partial charge in [0.1, 0.15) is 5.75 Å². The Labute approximate surface area is 156 Å². The summed E-state index contributed by atoms with van der Waals surface area (Å²) in [5.74, 6) is 1.04. The maximum Gasteiger partial charge on any atom is 0.227 e. The van der Waals surface area contributed by atoms with Gasteiger partial charge in [-0.25, -0.2) is 0 Å². The van der Waals surface area contributed by atoms with Gasteiger partial charge in [-0.3, -0.25) is 9.69 Å². The Hall–Kier alpha value is -2.06. The van der Waals surface area contributed by atoms with E-state index in [9.17, 15) is 4.79 Å². The van der Waals surface area contributed by atoms with Gasteiger partial charge in [0.05, 0.1) is 19.7 Å². The molecule has 1 saturated heterocycles. The fourth-order valence-electron chi connectivity index (χ4n) is 4.21. The van der Waals surface area contributed by atoms with Crippen LogP contribution >= 0.6 is 0 Å². The first kappa shape index (κ1) is 18.7. The first-order valence-electron chi connectivity index (χ1n) is 9.36. The number of rotatable bonds is 3. The van der Waals surface area contributed by atoms with Crippen LogP contribution < -0.4 is 9.64 Å². The van der Waals surface area contributed by atoms with Crippen LogP contribution in [-0.2, 0) is 10.2 Å². The minimum atomic E-state index is -0.0321. The zero-order valence-electron chi connectivity index (χ0n) is 16.3. The third kappa shape index (κ3) is 3.57. The number of nitriles is 1. The predicted molar refractivity (Wildman–Crippen MR) is 102 cm³/mol. The molecule has 0 N–H and O–H groups in total. The minimum Gasteiger partial charge on any atom is -0.497 e. The molecule has 1 aromatic carbocycles. The highest BCUT2D eigenvalue weighted by Crippen LogP contribution is 2.48. The Morgan fingerprint density at radius 1 is 1.31 bits per heavy atom. The highest BCUT2D eigenvalue weighted by molar-refractivity contribution is 5.96. The van der Waals surface area contributed by atoms with Gasteiger partial charge in [-0.1, -0.05) is 20.8 Å². The fraction of sp³-hybridized carbons (Fsp3) is 0.619. The molecule has 5 heteroatoms. The van der Waals surface area contributed by atoms with E-state index in [1.165, 1.54) is 5.56 Å². The van der Waals surface area contributed by atoms with E-state index in [1.807, 2.05) is 17.0 Å². The van der Waals surface area contributed by atoms with E-state index in [2.05, 4.69) is 37.8 Å². The Kier molecular flexibility index (Phi) is 4.98. The number of methoxy groups -OCH3 is 1. The highest BCUT2D eigenvalue weighted by atomic mass is 16.5. The number of benzene rings is 1. The number of piperidine rings is 1. The molecule has 5 nitrogen and oxygen atoms in total. The Balaban J connectivity index is 1.92. The number of nitrogens with zero attached hydrogens (tertiary/aromatic N) is 3. The van der Waals surface area contributed by atoms with Crippen LogP contribution in [0.2, 0.25) is 0 Å². The van der Waals surface area contributed by atoms with Crippen molar-refractivity contribution in [2.24, 2.45) is 5.41 Å². The normalized spacial score (nSPS) is 19.3. The second kappa shape index (κ2) is 6.92. The molecule has 2 heterocycles. The van der Waals surface area contributed by atoms with Crippen LogP contribution in [0.1, 0.15) is 45.6 Å². The SMILES string of the molecule is COc1ccc2c(c1)C1(CCN(CC#N)CC1)CN2C(=O)CC(C)(C)C. The van der Waals surface area contributed by atoms with E-state index in [1.54, 1.807) is 7.11 Å². The molecule has 0 radical (unpaired) electrons. The molecule has 0 atom stereocenters. The molecule has 140 valence electrons. The van der Waals surface area contributed by atoms with E-state index in [0.29, 0.717) is 13.0 Å². The third-order valence-corrected chi connectivity index (χ3v) is 5.62.